The Morgan fingerprint density at radius 1 is 0.806 bits per heavy atom. The number of hydrogen-bond acceptors (Lipinski definition) is 6. The Balaban J connectivity index is 2.95. The second kappa shape index (κ2) is 13.5. The molecule has 0 fully saturated rings. The summed E-state index contributed by atoms with van der Waals surface area (Å²) in [6.45, 7) is 19.2. The predicted molar refractivity (Wildman–Crippen MR) is 142 cm³/mol. The molecular weight excluding hydrogens is 460 g/mol. The quantitative estimate of drug-likeness (QED) is 0.215. The van der Waals surface area contributed by atoms with Gasteiger partial charge in [-0.1, -0.05) is 45.9 Å². The van der Waals surface area contributed by atoms with Gasteiger partial charge >= 0.3 is 18.2 Å². The molecule has 0 heterocycles. The molecule has 2 amide bonds. The highest BCUT2D eigenvalue weighted by Crippen LogP contribution is 2.34. The van der Waals surface area contributed by atoms with Gasteiger partial charge in [-0.2, -0.15) is 0 Å². The van der Waals surface area contributed by atoms with Crippen molar-refractivity contribution < 1.29 is 28.6 Å². The number of amides is 2. The SMILES string of the molecule is CC(C)c1cccc(C(C)C)c1OC(=O)[C@H](CCCCNC(=O)OC(C)(C)C)NC(=O)OC(C)(C)C. The Kier molecular flexibility index (Phi) is 11.7. The minimum atomic E-state index is -0.901. The van der Waals surface area contributed by atoms with E-state index in [2.05, 4.69) is 10.6 Å². The van der Waals surface area contributed by atoms with Crippen LogP contribution in [0.2, 0.25) is 0 Å². The van der Waals surface area contributed by atoms with Gasteiger partial charge in [-0.05, 0) is 83.8 Å². The summed E-state index contributed by atoms with van der Waals surface area (Å²) in [5.74, 6) is 0.316. The average Bonchev–Trinajstić information content (AvgIpc) is 2.69. The molecule has 36 heavy (non-hydrogen) atoms. The van der Waals surface area contributed by atoms with Gasteiger partial charge in [0.15, 0.2) is 0 Å². The normalized spacial score (nSPS) is 12.8. The fourth-order valence-electron chi connectivity index (χ4n) is 3.45. The van der Waals surface area contributed by atoms with Crippen molar-refractivity contribution in [2.45, 2.75) is 118 Å². The van der Waals surface area contributed by atoms with Crippen molar-refractivity contribution in [1.82, 2.24) is 10.6 Å². The van der Waals surface area contributed by atoms with Gasteiger partial charge in [0.1, 0.15) is 23.0 Å². The standard InChI is InChI=1S/C28H46N2O6/c1-18(2)20-14-13-15-21(19(3)4)23(20)34-24(31)22(30-26(33)36-28(8,9)10)16-11-12-17-29-25(32)35-27(5,6)7/h13-15,18-19,22H,11-12,16-17H2,1-10H3,(H,29,32)(H,30,33)/t22-/m0/s1. The zero-order chi connectivity index (χ0) is 27.7. The predicted octanol–water partition coefficient (Wildman–Crippen LogP) is 6.43. The lowest BCUT2D eigenvalue weighted by Gasteiger charge is -2.24. The molecule has 0 radical (unpaired) electrons. The molecule has 0 unspecified atom stereocenters. The monoisotopic (exact) mass is 506 g/mol. The summed E-state index contributed by atoms with van der Waals surface area (Å²) in [6, 6.07) is 4.98. The molecule has 204 valence electrons. The van der Waals surface area contributed by atoms with Gasteiger partial charge < -0.3 is 24.8 Å². The minimum absolute atomic E-state index is 0.155. The Morgan fingerprint density at radius 3 is 1.78 bits per heavy atom. The Hall–Kier alpha value is -2.77. The number of para-hydroxylation sites is 1. The Labute approximate surface area is 216 Å². The van der Waals surface area contributed by atoms with Gasteiger partial charge in [0.2, 0.25) is 0 Å². The van der Waals surface area contributed by atoms with E-state index in [0.29, 0.717) is 31.6 Å². The lowest BCUT2D eigenvalue weighted by atomic mass is 9.94. The minimum Gasteiger partial charge on any atom is -0.444 e. The molecule has 0 saturated carbocycles. The van der Waals surface area contributed by atoms with Crippen LogP contribution in [0.15, 0.2) is 18.2 Å². The summed E-state index contributed by atoms with van der Waals surface area (Å²) in [4.78, 5) is 37.6. The first-order valence-corrected chi connectivity index (χ1v) is 12.8. The smallest absolute Gasteiger partial charge is 0.408 e. The van der Waals surface area contributed by atoms with Crippen molar-refractivity contribution in [1.29, 1.82) is 0 Å². The third-order valence-corrected chi connectivity index (χ3v) is 5.09. The first kappa shape index (κ1) is 31.3. The molecule has 2 N–H and O–H groups in total. The number of benzene rings is 1. The first-order chi connectivity index (χ1) is 16.5. The van der Waals surface area contributed by atoms with Crippen LogP contribution >= 0.6 is 0 Å². The summed E-state index contributed by atoms with van der Waals surface area (Å²) < 4.78 is 16.5. The van der Waals surface area contributed by atoms with Gasteiger partial charge in [-0.3, -0.25) is 0 Å². The Bertz CT molecular complexity index is 855. The van der Waals surface area contributed by atoms with E-state index in [1.54, 1.807) is 41.5 Å². The van der Waals surface area contributed by atoms with Crippen molar-refractivity contribution in [2.24, 2.45) is 0 Å². The topological polar surface area (TPSA) is 103 Å². The number of alkyl carbamates (subject to hydrolysis) is 2. The van der Waals surface area contributed by atoms with E-state index >= 15 is 0 Å². The number of unbranched alkanes of at least 4 members (excludes halogenated alkanes) is 1. The van der Waals surface area contributed by atoms with Crippen LogP contribution in [-0.4, -0.2) is 41.9 Å². The zero-order valence-electron chi connectivity index (χ0n) is 23.7. The van der Waals surface area contributed by atoms with Crippen LogP contribution in [-0.2, 0) is 14.3 Å². The highest BCUT2D eigenvalue weighted by molar-refractivity contribution is 5.83. The van der Waals surface area contributed by atoms with Crippen LogP contribution in [0, 0.1) is 0 Å². The number of ether oxygens (including phenoxy) is 3. The summed E-state index contributed by atoms with van der Waals surface area (Å²) in [6.07, 6.45) is 0.316. The maximum Gasteiger partial charge on any atom is 0.408 e. The summed E-state index contributed by atoms with van der Waals surface area (Å²) in [5.41, 5.74) is 0.599. The number of esters is 1. The van der Waals surface area contributed by atoms with Crippen LogP contribution in [0.25, 0.3) is 0 Å². The molecule has 0 aliphatic heterocycles. The van der Waals surface area contributed by atoms with Crippen molar-refractivity contribution in [3.63, 3.8) is 0 Å². The van der Waals surface area contributed by atoms with Gasteiger partial charge in [0, 0.05) is 6.54 Å². The van der Waals surface area contributed by atoms with Gasteiger partial charge in [-0.25, -0.2) is 14.4 Å². The summed E-state index contributed by atoms with van der Waals surface area (Å²) >= 11 is 0. The molecule has 0 spiro atoms. The lowest BCUT2D eigenvalue weighted by molar-refractivity contribution is -0.137. The number of nitrogens with one attached hydrogen (secondary N) is 2. The van der Waals surface area contributed by atoms with Gasteiger partial charge in [0.05, 0.1) is 0 Å². The number of hydrogen-bond donors (Lipinski definition) is 2. The van der Waals surface area contributed by atoms with Crippen LogP contribution in [0.1, 0.15) is 111 Å². The van der Waals surface area contributed by atoms with E-state index in [0.717, 1.165) is 11.1 Å². The third kappa shape index (κ3) is 11.8. The summed E-state index contributed by atoms with van der Waals surface area (Å²) in [7, 11) is 0. The van der Waals surface area contributed by atoms with Crippen molar-refractivity contribution in [3.8, 4) is 5.75 Å². The third-order valence-electron chi connectivity index (χ3n) is 5.09. The molecule has 1 aromatic carbocycles. The number of carbonyl (C=O) groups is 3. The van der Waals surface area contributed by atoms with Crippen molar-refractivity contribution >= 4 is 18.2 Å². The molecule has 0 saturated heterocycles. The maximum absolute atomic E-state index is 13.3. The summed E-state index contributed by atoms with van der Waals surface area (Å²) in [5, 5.41) is 5.38. The van der Waals surface area contributed by atoms with Crippen LogP contribution in [0.5, 0.6) is 5.75 Å². The molecule has 1 atom stereocenters. The largest absolute Gasteiger partial charge is 0.444 e. The zero-order valence-corrected chi connectivity index (χ0v) is 23.7. The van der Waals surface area contributed by atoms with Crippen LogP contribution in [0.3, 0.4) is 0 Å². The fraction of sp³-hybridized carbons (Fsp3) is 0.679. The Morgan fingerprint density at radius 2 is 1.31 bits per heavy atom. The molecule has 0 aliphatic carbocycles. The molecule has 0 aliphatic rings. The van der Waals surface area contributed by atoms with E-state index < -0.39 is 35.4 Å². The average molecular weight is 507 g/mol. The van der Waals surface area contributed by atoms with Gasteiger partial charge in [-0.15, -0.1) is 0 Å². The van der Waals surface area contributed by atoms with Crippen LogP contribution in [0.4, 0.5) is 9.59 Å². The molecule has 1 rings (SSSR count). The van der Waals surface area contributed by atoms with E-state index in [1.807, 2.05) is 45.9 Å². The molecule has 8 nitrogen and oxygen atoms in total. The number of rotatable bonds is 10. The molecule has 1 aromatic rings. The lowest BCUT2D eigenvalue weighted by Crippen LogP contribution is -2.45. The second-order valence-electron chi connectivity index (χ2n) is 11.6. The molecule has 8 heteroatoms. The maximum atomic E-state index is 13.3. The van der Waals surface area contributed by atoms with Gasteiger partial charge in [0.25, 0.3) is 0 Å². The molecule has 0 aromatic heterocycles. The van der Waals surface area contributed by atoms with Crippen molar-refractivity contribution in [2.75, 3.05) is 6.54 Å². The number of carbonyl (C=O) groups excluding carboxylic acids is 3. The van der Waals surface area contributed by atoms with E-state index in [4.69, 9.17) is 14.2 Å². The fourth-order valence-corrected chi connectivity index (χ4v) is 3.45. The second-order valence-corrected chi connectivity index (χ2v) is 11.6. The van der Waals surface area contributed by atoms with E-state index in [9.17, 15) is 14.4 Å². The highest BCUT2D eigenvalue weighted by Gasteiger charge is 2.28. The van der Waals surface area contributed by atoms with E-state index in [1.165, 1.54) is 0 Å². The highest BCUT2D eigenvalue weighted by atomic mass is 16.6. The van der Waals surface area contributed by atoms with E-state index in [-0.39, 0.29) is 11.8 Å². The molecule has 0 bridgehead atoms. The molecular formula is C28H46N2O6. The van der Waals surface area contributed by atoms with Crippen molar-refractivity contribution in [3.05, 3.63) is 29.3 Å². The first-order valence-electron chi connectivity index (χ1n) is 12.8. The van der Waals surface area contributed by atoms with Crippen LogP contribution < -0.4 is 15.4 Å².